The molecule has 168 valence electrons. The summed E-state index contributed by atoms with van der Waals surface area (Å²) in [5.74, 6) is 1.08. The minimum atomic E-state index is -2.95. The Balaban J connectivity index is 1.65. The van der Waals surface area contributed by atoms with E-state index in [-0.39, 0.29) is 17.4 Å². The molecule has 0 atom stereocenters. The number of anilines is 1. The number of rotatable bonds is 9. The predicted octanol–water partition coefficient (Wildman–Crippen LogP) is 5.32. The largest absolute Gasteiger partial charge is 0.493 e. The Kier molecular flexibility index (Phi) is 7.59. The molecule has 0 aliphatic heterocycles. The first kappa shape index (κ1) is 23.0. The van der Waals surface area contributed by atoms with Crippen LogP contribution in [0.3, 0.4) is 0 Å². The van der Waals surface area contributed by atoms with E-state index >= 15 is 0 Å². The fraction of sp³-hybridized carbons (Fsp3) is 0.250. The first-order valence-corrected chi connectivity index (χ1v) is 10.1. The van der Waals surface area contributed by atoms with E-state index in [2.05, 4.69) is 33.5 Å². The molecular weight excluding hydrogens is 416 g/mol. The van der Waals surface area contributed by atoms with Crippen LogP contribution in [0.2, 0.25) is 0 Å². The van der Waals surface area contributed by atoms with Crippen molar-refractivity contribution < 1.29 is 23.0 Å². The molecule has 1 N–H and O–H groups in total. The molecule has 8 heteroatoms. The van der Waals surface area contributed by atoms with Gasteiger partial charge in [-0.1, -0.05) is 32.0 Å². The van der Waals surface area contributed by atoms with Gasteiger partial charge < -0.3 is 19.4 Å². The van der Waals surface area contributed by atoms with Crippen molar-refractivity contribution in [1.29, 1.82) is 0 Å². The van der Waals surface area contributed by atoms with E-state index in [0.717, 1.165) is 11.4 Å². The number of benzene rings is 2. The lowest BCUT2D eigenvalue weighted by molar-refractivity contribution is -0.111. The first-order chi connectivity index (χ1) is 15.4. The van der Waals surface area contributed by atoms with Crippen LogP contribution in [0, 0.1) is 0 Å². The van der Waals surface area contributed by atoms with Gasteiger partial charge in [0.15, 0.2) is 11.5 Å². The van der Waals surface area contributed by atoms with Crippen LogP contribution < -0.4 is 14.8 Å². The second-order valence-corrected chi connectivity index (χ2v) is 7.38. The molecule has 3 aromatic rings. The maximum atomic E-state index is 12.4. The molecule has 0 aliphatic carbocycles. The molecule has 0 bridgehead atoms. The highest BCUT2D eigenvalue weighted by atomic mass is 19.3. The van der Waals surface area contributed by atoms with Crippen molar-refractivity contribution in [2.75, 3.05) is 12.4 Å². The lowest BCUT2D eigenvalue weighted by Crippen LogP contribution is -2.09. The standard InChI is InChI=1S/C24H25F2N3O3/c1-16(2)23-27-11-12-29(23)15-18-5-4-6-19(13-18)28-22(30)10-8-17-7-9-20(32-24(25)26)21(14-17)31-3/h4-14,16,24H,15H2,1-3H3,(H,28,30). The fourth-order valence-corrected chi connectivity index (χ4v) is 3.24. The molecule has 3 rings (SSSR count). The molecule has 32 heavy (non-hydrogen) atoms. The summed E-state index contributed by atoms with van der Waals surface area (Å²) in [5.41, 5.74) is 2.31. The van der Waals surface area contributed by atoms with E-state index in [1.165, 1.54) is 25.3 Å². The topological polar surface area (TPSA) is 65.4 Å². The molecule has 0 spiro atoms. The normalized spacial score (nSPS) is 11.3. The second-order valence-electron chi connectivity index (χ2n) is 7.38. The Morgan fingerprint density at radius 3 is 2.72 bits per heavy atom. The highest BCUT2D eigenvalue weighted by molar-refractivity contribution is 6.02. The van der Waals surface area contributed by atoms with Crippen LogP contribution in [0.1, 0.15) is 36.7 Å². The summed E-state index contributed by atoms with van der Waals surface area (Å²) < 4.78 is 36.4. The number of nitrogens with zero attached hydrogens (tertiary/aromatic N) is 2. The third kappa shape index (κ3) is 6.16. The van der Waals surface area contributed by atoms with E-state index in [1.807, 2.05) is 30.5 Å². The minimum Gasteiger partial charge on any atom is -0.493 e. The second kappa shape index (κ2) is 10.6. The van der Waals surface area contributed by atoms with E-state index in [1.54, 1.807) is 18.3 Å². The van der Waals surface area contributed by atoms with E-state index in [0.29, 0.717) is 23.7 Å². The number of hydrogen-bond acceptors (Lipinski definition) is 4. The summed E-state index contributed by atoms with van der Waals surface area (Å²) >= 11 is 0. The molecule has 6 nitrogen and oxygen atoms in total. The average Bonchev–Trinajstić information content (AvgIpc) is 3.21. The van der Waals surface area contributed by atoms with Crippen molar-refractivity contribution >= 4 is 17.7 Å². The SMILES string of the molecule is COc1cc(C=CC(=O)Nc2cccc(Cn3ccnc3C(C)C)c2)ccc1OC(F)F. The maximum absolute atomic E-state index is 12.4. The number of carbonyl (C=O) groups is 1. The average molecular weight is 441 g/mol. The Morgan fingerprint density at radius 2 is 2.00 bits per heavy atom. The Bertz CT molecular complexity index is 1090. The summed E-state index contributed by atoms with van der Waals surface area (Å²) in [5, 5.41) is 2.83. The third-order valence-electron chi connectivity index (χ3n) is 4.64. The molecule has 0 saturated heterocycles. The van der Waals surface area contributed by atoms with Gasteiger partial charge >= 0.3 is 6.61 Å². The highest BCUT2D eigenvalue weighted by Gasteiger charge is 2.11. The minimum absolute atomic E-state index is 0.0700. The Hall–Kier alpha value is -3.68. The van der Waals surface area contributed by atoms with Gasteiger partial charge in [0, 0.05) is 36.6 Å². The first-order valence-electron chi connectivity index (χ1n) is 10.1. The Labute approximate surface area is 185 Å². The number of ether oxygens (including phenoxy) is 2. The molecule has 1 aromatic heterocycles. The van der Waals surface area contributed by atoms with Gasteiger partial charge in [0.2, 0.25) is 5.91 Å². The zero-order valence-electron chi connectivity index (χ0n) is 18.1. The molecule has 0 fully saturated rings. The van der Waals surface area contributed by atoms with E-state index < -0.39 is 6.61 Å². The molecule has 0 radical (unpaired) electrons. The summed E-state index contributed by atoms with van der Waals surface area (Å²) in [7, 11) is 1.36. The molecule has 2 aromatic carbocycles. The van der Waals surface area contributed by atoms with Crippen LogP contribution in [-0.2, 0) is 11.3 Å². The number of alkyl halides is 2. The van der Waals surface area contributed by atoms with Crippen LogP contribution in [0.25, 0.3) is 6.08 Å². The molecule has 0 aliphatic rings. The van der Waals surface area contributed by atoms with Gasteiger partial charge in [-0.2, -0.15) is 8.78 Å². The lowest BCUT2D eigenvalue weighted by Gasteiger charge is -2.11. The number of methoxy groups -OCH3 is 1. The van der Waals surface area contributed by atoms with Crippen LogP contribution in [0.4, 0.5) is 14.5 Å². The number of aromatic nitrogens is 2. The van der Waals surface area contributed by atoms with Crippen LogP contribution in [0.5, 0.6) is 11.5 Å². The summed E-state index contributed by atoms with van der Waals surface area (Å²) in [6.07, 6.45) is 6.65. The van der Waals surface area contributed by atoms with Crippen LogP contribution >= 0.6 is 0 Å². The number of amides is 1. The van der Waals surface area contributed by atoms with Crippen molar-refractivity contribution in [3.05, 3.63) is 77.9 Å². The molecular formula is C24H25F2N3O3. The number of imidazole rings is 1. The smallest absolute Gasteiger partial charge is 0.387 e. The van der Waals surface area contributed by atoms with Crippen molar-refractivity contribution in [2.45, 2.75) is 32.9 Å². The monoisotopic (exact) mass is 441 g/mol. The highest BCUT2D eigenvalue weighted by Crippen LogP contribution is 2.29. The molecule has 1 amide bonds. The molecule has 1 heterocycles. The molecule has 0 unspecified atom stereocenters. The van der Waals surface area contributed by atoms with Crippen molar-refractivity contribution in [3.8, 4) is 11.5 Å². The summed E-state index contributed by atoms with van der Waals surface area (Å²) in [4.78, 5) is 16.8. The van der Waals surface area contributed by atoms with Gasteiger partial charge in [0.1, 0.15) is 5.82 Å². The lowest BCUT2D eigenvalue weighted by atomic mass is 10.1. The van der Waals surface area contributed by atoms with Gasteiger partial charge in [-0.25, -0.2) is 4.98 Å². The summed E-state index contributed by atoms with van der Waals surface area (Å²) in [6, 6.07) is 12.0. The Morgan fingerprint density at radius 1 is 1.19 bits per heavy atom. The van der Waals surface area contributed by atoms with Gasteiger partial charge in [-0.05, 0) is 41.5 Å². The quantitative estimate of drug-likeness (QED) is 0.457. The zero-order valence-corrected chi connectivity index (χ0v) is 18.1. The number of halogens is 2. The van der Waals surface area contributed by atoms with Crippen molar-refractivity contribution in [1.82, 2.24) is 9.55 Å². The van der Waals surface area contributed by atoms with Crippen LogP contribution in [0.15, 0.2) is 60.9 Å². The van der Waals surface area contributed by atoms with Gasteiger partial charge in [-0.3, -0.25) is 4.79 Å². The van der Waals surface area contributed by atoms with E-state index in [4.69, 9.17) is 4.74 Å². The van der Waals surface area contributed by atoms with Crippen molar-refractivity contribution in [2.24, 2.45) is 0 Å². The van der Waals surface area contributed by atoms with Crippen molar-refractivity contribution in [3.63, 3.8) is 0 Å². The van der Waals surface area contributed by atoms with Gasteiger partial charge in [0.05, 0.1) is 7.11 Å². The zero-order chi connectivity index (χ0) is 23.1. The van der Waals surface area contributed by atoms with Gasteiger partial charge in [0.25, 0.3) is 0 Å². The number of nitrogens with one attached hydrogen (secondary N) is 1. The summed E-state index contributed by atoms with van der Waals surface area (Å²) in [6.45, 7) is 1.89. The number of hydrogen-bond donors (Lipinski definition) is 1. The van der Waals surface area contributed by atoms with E-state index in [9.17, 15) is 13.6 Å². The predicted molar refractivity (Wildman–Crippen MR) is 119 cm³/mol. The number of carbonyl (C=O) groups excluding carboxylic acids is 1. The van der Waals surface area contributed by atoms with Crippen LogP contribution in [-0.4, -0.2) is 29.2 Å². The fourth-order valence-electron chi connectivity index (χ4n) is 3.24. The molecule has 0 saturated carbocycles. The van der Waals surface area contributed by atoms with Gasteiger partial charge in [-0.15, -0.1) is 0 Å². The third-order valence-corrected chi connectivity index (χ3v) is 4.64. The maximum Gasteiger partial charge on any atom is 0.387 e.